The van der Waals surface area contributed by atoms with Crippen molar-refractivity contribution in [3.8, 4) is 0 Å². The summed E-state index contributed by atoms with van der Waals surface area (Å²) < 4.78 is 0. The molecule has 2 aliphatic rings. The third-order valence-corrected chi connectivity index (χ3v) is 4.46. The van der Waals surface area contributed by atoms with Crippen molar-refractivity contribution in [2.24, 2.45) is 4.99 Å². The van der Waals surface area contributed by atoms with Crippen molar-refractivity contribution in [1.82, 2.24) is 4.90 Å². The summed E-state index contributed by atoms with van der Waals surface area (Å²) in [5.41, 5.74) is 4.19. The van der Waals surface area contributed by atoms with Crippen molar-refractivity contribution < 1.29 is 0 Å². The molecule has 4 heteroatoms. The Morgan fingerprint density at radius 3 is 2.75 bits per heavy atom. The van der Waals surface area contributed by atoms with Crippen LogP contribution in [0.5, 0.6) is 0 Å². The van der Waals surface area contributed by atoms with Gasteiger partial charge in [-0.25, -0.2) is 0 Å². The number of hydrogen-bond donors (Lipinski definition) is 1. The van der Waals surface area contributed by atoms with Crippen LogP contribution in [-0.4, -0.2) is 31.3 Å². The lowest BCUT2D eigenvalue weighted by molar-refractivity contribution is 0.391. The minimum Gasteiger partial charge on any atom is -0.361 e. The van der Waals surface area contributed by atoms with E-state index in [9.17, 15) is 0 Å². The number of hydrogen-bond acceptors (Lipinski definition) is 3. The first kappa shape index (κ1) is 16.7. The van der Waals surface area contributed by atoms with E-state index in [1.807, 2.05) is 42.7 Å². The standard InChI is InChI=1S/C20H22ClN3/c1-24-14-16(12-22-18-8-4-2-5-9-18)20(21)17(15-24)13-23-19-10-6-3-7-11-19/h2,4-6,8-13,22H,3,7,14-15H2,1H3/b16-12+,23-13?. The van der Waals surface area contributed by atoms with Gasteiger partial charge in [0.1, 0.15) is 0 Å². The van der Waals surface area contributed by atoms with E-state index in [1.165, 1.54) is 0 Å². The van der Waals surface area contributed by atoms with Gasteiger partial charge in [-0.3, -0.25) is 9.89 Å². The molecule has 0 aromatic heterocycles. The monoisotopic (exact) mass is 339 g/mol. The van der Waals surface area contributed by atoms with E-state index in [1.54, 1.807) is 0 Å². The molecule has 1 N–H and O–H groups in total. The van der Waals surface area contributed by atoms with Gasteiger partial charge in [0.25, 0.3) is 0 Å². The molecule has 0 atom stereocenters. The molecule has 0 bridgehead atoms. The van der Waals surface area contributed by atoms with Crippen LogP contribution in [-0.2, 0) is 0 Å². The van der Waals surface area contributed by atoms with E-state index < -0.39 is 0 Å². The van der Waals surface area contributed by atoms with Crippen molar-refractivity contribution >= 4 is 23.5 Å². The van der Waals surface area contributed by atoms with Gasteiger partial charge in [-0.15, -0.1) is 0 Å². The van der Waals surface area contributed by atoms with E-state index in [0.717, 1.165) is 53.5 Å². The number of allylic oxidation sites excluding steroid dienone is 3. The quantitative estimate of drug-likeness (QED) is 0.803. The van der Waals surface area contributed by atoms with E-state index >= 15 is 0 Å². The second kappa shape index (κ2) is 8.13. The summed E-state index contributed by atoms with van der Waals surface area (Å²) in [6.07, 6.45) is 12.4. The molecule has 1 aliphatic carbocycles. The van der Waals surface area contributed by atoms with Gasteiger partial charge in [0.05, 0.1) is 10.7 Å². The van der Waals surface area contributed by atoms with E-state index in [4.69, 9.17) is 11.6 Å². The van der Waals surface area contributed by atoms with E-state index in [0.29, 0.717) is 0 Å². The predicted molar refractivity (Wildman–Crippen MR) is 103 cm³/mol. The van der Waals surface area contributed by atoms with Gasteiger partial charge in [-0.1, -0.05) is 42.0 Å². The Bertz CT molecular complexity index is 727. The number of benzene rings is 1. The first-order valence-corrected chi connectivity index (χ1v) is 8.59. The number of nitrogens with zero attached hydrogens (tertiary/aromatic N) is 2. The molecular formula is C20H22ClN3. The lowest BCUT2D eigenvalue weighted by Crippen LogP contribution is -2.29. The molecule has 0 saturated heterocycles. The summed E-state index contributed by atoms with van der Waals surface area (Å²) in [4.78, 5) is 6.81. The van der Waals surface area contributed by atoms with Crippen LogP contribution < -0.4 is 5.32 Å². The van der Waals surface area contributed by atoms with Crippen LogP contribution in [0.2, 0.25) is 0 Å². The van der Waals surface area contributed by atoms with Gasteiger partial charge in [0.2, 0.25) is 0 Å². The van der Waals surface area contributed by atoms with Crippen molar-refractivity contribution in [3.63, 3.8) is 0 Å². The minimum absolute atomic E-state index is 0.792. The molecule has 0 amide bonds. The summed E-state index contributed by atoms with van der Waals surface area (Å²) >= 11 is 6.61. The second-order valence-electron chi connectivity index (χ2n) is 6.06. The number of anilines is 1. The highest BCUT2D eigenvalue weighted by atomic mass is 35.5. The van der Waals surface area contributed by atoms with E-state index in [2.05, 4.69) is 40.5 Å². The second-order valence-corrected chi connectivity index (χ2v) is 6.44. The SMILES string of the molecule is CN1CC(C=NC2=CCCC=C2)=C(Cl)/C(=C/Nc2ccccc2)C1. The van der Waals surface area contributed by atoms with Crippen molar-refractivity contribution in [2.75, 3.05) is 25.5 Å². The zero-order chi connectivity index (χ0) is 16.8. The van der Waals surface area contributed by atoms with Crippen molar-refractivity contribution in [2.45, 2.75) is 12.8 Å². The van der Waals surface area contributed by atoms with Gasteiger partial charge in [0, 0.05) is 42.3 Å². The van der Waals surface area contributed by atoms with Gasteiger partial charge in [-0.2, -0.15) is 0 Å². The maximum Gasteiger partial charge on any atom is 0.0586 e. The number of rotatable bonds is 4. The van der Waals surface area contributed by atoms with Crippen LogP contribution in [0.4, 0.5) is 5.69 Å². The third-order valence-electron chi connectivity index (χ3n) is 3.98. The van der Waals surface area contributed by atoms with Gasteiger partial charge < -0.3 is 5.32 Å². The zero-order valence-corrected chi connectivity index (χ0v) is 14.6. The highest BCUT2D eigenvalue weighted by molar-refractivity contribution is 6.34. The first-order valence-electron chi connectivity index (χ1n) is 8.21. The Kier molecular flexibility index (Phi) is 5.68. The fourth-order valence-corrected chi connectivity index (χ4v) is 2.96. The molecule has 0 unspecified atom stereocenters. The normalized spacial score (nSPS) is 20.8. The van der Waals surface area contributed by atoms with Crippen LogP contribution in [0.25, 0.3) is 0 Å². The number of para-hydroxylation sites is 1. The third kappa shape index (κ3) is 4.47. The van der Waals surface area contributed by atoms with Gasteiger partial charge in [0.15, 0.2) is 0 Å². The number of likely N-dealkylation sites (N-methyl/N-ethyl adjacent to an activating group) is 1. The molecular weight excluding hydrogens is 318 g/mol. The average Bonchev–Trinajstić information content (AvgIpc) is 2.62. The molecule has 3 rings (SSSR count). The summed E-state index contributed by atoms with van der Waals surface area (Å²) in [6, 6.07) is 10.1. The van der Waals surface area contributed by atoms with Crippen LogP contribution in [0.1, 0.15) is 12.8 Å². The molecule has 124 valence electrons. The topological polar surface area (TPSA) is 27.6 Å². The lowest BCUT2D eigenvalue weighted by Gasteiger charge is -2.26. The summed E-state index contributed by atoms with van der Waals surface area (Å²) in [6.45, 7) is 1.63. The molecule has 1 aliphatic heterocycles. The molecule has 24 heavy (non-hydrogen) atoms. The Morgan fingerprint density at radius 2 is 2.00 bits per heavy atom. The minimum atomic E-state index is 0.792. The van der Waals surface area contributed by atoms with Gasteiger partial charge in [-0.05, 0) is 38.1 Å². The van der Waals surface area contributed by atoms with Crippen LogP contribution >= 0.6 is 11.6 Å². The Balaban J connectivity index is 1.78. The number of nitrogens with one attached hydrogen (secondary N) is 1. The van der Waals surface area contributed by atoms with Crippen LogP contribution in [0, 0.1) is 0 Å². The summed E-state index contributed by atoms with van der Waals surface area (Å²) in [5, 5.41) is 4.11. The first-order chi connectivity index (χ1) is 11.7. The molecule has 1 aromatic carbocycles. The van der Waals surface area contributed by atoms with Crippen molar-refractivity contribution in [3.05, 3.63) is 76.6 Å². The molecule has 0 spiro atoms. The molecule has 1 aromatic rings. The summed E-state index contributed by atoms with van der Waals surface area (Å²) in [7, 11) is 2.09. The smallest absolute Gasteiger partial charge is 0.0586 e. The number of aliphatic imine (C=N–C) groups is 1. The number of halogens is 1. The molecule has 3 nitrogen and oxygen atoms in total. The Hall–Kier alpha value is -2.10. The maximum atomic E-state index is 6.61. The van der Waals surface area contributed by atoms with Crippen molar-refractivity contribution in [1.29, 1.82) is 0 Å². The van der Waals surface area contributed by atoms with Gasteiger partial charge >= 0.3 is 0 Å². The maximum absolute atomic E-state index is 6.61. The molecule has 1 heterocycles. The average molecular weight is 340 g/mol. The van der Waals surface area contributed by atoms with Crippen LogP contribution in [0.3, 0.4) is 0 Å². The molecule has 0 radical (unpaired) electrons. The zero-order valence-electron chi connectivity index (χ0n) is 13.9. The summed E-state index contributed by atoms with van der Waals surface area (Å²) in [5.74, 6) is 0. The predicted octanol–water partition coefficient (Wildman–Crippen LogP) is 4.73. The lowest BCUT2D eigenvalue weighted by atomic mass is 10.1. The highest BCUT2D eigenvalue weighted by Crippen LogP contribution is 2.25. The Labute approximate surface area is 148 Å². The Morgan fingerprint density at radius 1 is 1.17 bits per heavy atom. The van der Waals surface area contributed by atoms with Crippen LogP contribution in [0.15, 0.2) is 81.6 Å². The largest absolute Gasteiger partial charge is 0.361 e. The fraction of sp³-hybridized carbons (Fsp3) is 0.250. The molecule has 0 fully saturated rings. The highest BCUT2D eigenvalue weighted by Gasteiger charge is 2.18. The van der Waals surface area contributed by atoms with E-state index in [-0.39, 0.29) is 0 Å². The fourth-order valence-electron chi connectivity index (χ4n) is 2.74. The molecule has 0 saturated carbocycles.